The molecule has 0 heterocycles. The van der Waals surface area contributed by atoms with Crippen LogP contribution in [-0.2, 0) is 0 Å². The Morgan fingerprint density at radius 1 is 1.37 bits per heavy atom. The van der Waals surface area contributed by atoms with Gasteiger partial charge in [-0.1, -0.05) is 45.4 Å². The zero-order valence-corrected chi connectivity index (χ0v) is 12.8. The van der Waals surface area contributed by atoms with Crippen LogP contribution in [0.3, 0.4) is 0 Å². The molecule has 0 saturated heterocycles. The van der Waals surface area contributed by atoms with Crippen molar-refractivity contribution >= 4 is 0 Å². The van der Waals surface area contributed by atoms with Gasteiger partial charge in [-0.25, -0.2) is 0 Å². The molecule has 5 unspecified atom stereocenters. The highest BCUT2D eigenvalue weighted by atomic mass is 14.8. The molecule has 0 heteroatoms. The Bertz CT molecular complexity index is 470. The first-order chi connectivity index (χ1) is 9.08. The second-order valence-electron chi connectivity index (χ2n) is 8.17. The van der Waals surface area contributed by atoms with Gasteiger partial charge in [0.05, 0.1) is 0 Å². The molecule has 104 valence electrons. The fourth-order valence-electron chi connectivity index (χ4n) is 6.32. The predicted octanol–water partition coefficient (Wildman–Crippen LogP) is 5.51. The lowest BCUT2D eigenvalue weighted by Crippen LogP contribution is -2.37. The highest BCUT2D eigenvalue weighted by Crippen LogP contribution is 2.86. The molecule has 0 amide bonds. The van der Waals surface area contributed by atoms with E-state index in [4.69, 9.17) is 0 Å². The van der Waals surface area contributed by atoms with Gasteiger partial charge in [-0.3, -0.25) is 0 Å². The molecule has 2 saturated carbocycles. The van der Waals surface area contributed by atoms with Crippen LogP contribution in [-0.4, -0.2) is 0 Å². The Kier molecular flexibility index (Phi) is 2.30. The lowest BCUT2D eigenvalue weighted by atomic mass is 9.59. The van der Waals surface area contributed by atoms with E-state index in [2.05, 4.69) is 39.0 Å². The Morgan fingerprint density at radius 2 is 2.21 bits per heavy atom. The summed E-state index contributed by atoms with van der Waals surface area (Å²) in [5.41, 5.74) is 3.64. The molecule has 0 N–H and O–H groups in total. The normalized spacial score (nSPS) is 54.2. The molecule has 4 aliphatic rings. The summed E-state index contributed by atoms with van der Waals surface area (Å²) in [5.74, 6) is 1.79. The summed E-state index contributed by atoms with van der Waals surface area (Å²) in [4.78, 5) is 0. The van der Waals surface area contributed by atoms with Crippen molar-refractivity contribution in [3.8, 4) is 0 Å². The molecule has 0 aromatic rings. The molecule has 0 aliphatic heterocycles. The van der Waals surface area contributed by atoms with Gasteiger partial charge in [-0.05, 0) is 66.8 Å². The van der Waals surface area contributed by atoms with Crippen molar-refractivity contribution in [1.82, 2.24) is 0 Å². The minimum atomic E-state index is 0.610. The average molecular weight is 256 g/mol. The molecule has 0 aromatic carbocycles. The van der Waals surface area contributed by atoms with Gasteiger partial charge >= 0.3 is 0 Å². The summed E-state index contributed by atoms with van der Waals surface area (Å²) >= 11 is 0. The molecule has 0 bridgehead atoms. The van der Waals surface area contributed by atoms with Gasteiger partial charge in [0.2, 0.25) is 0 Å². The second kappa shape index (κ2) is 3.57. The number of allylic oxidation sites excluding steroid dienone is 4. The lowest BCUT2D eigenvalue weighted by molar-refractivity contribution is 0.100. The lowest BCUT2D eigenvalue weighted by Gasteiger charge is -2.45. The molecule has 19 heavy (non-hydrogen) atoms. The van der Waals surface area contributed by atoms with Crippen LogP contribution in [0, 0.1) is 28.1 Å². The van der Waals surface area contributed by atoms with Gasteiger partial charge in [0.15, 0.2) is 0 Å². The van der Waals surface area contributed by atoms with E-state index in [9.17, 15) is 0 Å². The topological polar surface area (TPSA) is 0 Å². The first kappa shape index (κ1) is 12.2. The molecule has 0 aromatic heterocycles. The van der Waals surface area contributed by atoms with Gasteiger partial charge in [0, 0.05) is 5.41 Å². The van der Waals surface area contributed by atoms with E-state index >= 15 is 0 Å². The molecule has 0 radical (unpaired) electrons. The van der Waals surface area contributed by atoms with E-state index in [0.717, 1.165) is 11.8 Å². The van der Waals surface area contributed by atoms with Crippen LogP contribution in [0.4, 0.5) is 0 Å². The Hall–Kier alpha value is -0.520. The van der Waals surface area contributed by atoms with E-state index in [0.29, 0.717) is 16.2 Å². The smallest absolute Gasteiger partial charge is 0.00232 e. The summed E-state index contributed by atoms with van der Waals surface area (Å²) in [6, 6.07) is 0. The molecule has 5 atom stereocenters. The van der Waals surface area contributed by atoms with Crippen molar-refractivity contribution in [3.63, 3.8) is 0 Å². The van der Waals surface area contributed by atoms with Crippen LogP contribution >= 0.6 is 0 Å². The van der Waals surface area contributed by atoms with Crippen LogP contribution in [0.1, 0.15) is 65.7 Å². The van der Waals surface area contributed by atoms with Gasteiger partial charge in [-0.15, -0.1) is 0 Å². The van der Waals surface area contributed by atoms with Crippen molar-refractivity contribution in [3.05, 3.63) is 23.8 Å². The largest absolute Gasteiger partial charge is 0.0811 e. The molecule has 4 rings (SSSR count). The SMILES string of the molecule is CCCC1C=CC2=CCC3(C)C(C)CCC34CC24C1. The number of hydrogen-bond donors (Lipinski definition) is 0. The van der Waals surface area contributed by atoms with Gasteiger partial charge in [-0.2, -0.15) is 0 Å². The Morgan fingerprint density at radius 3 is 3.00 bits per heavy atom. The predicted molar refractivity (Wildman–Crippen MR) is 80.8 cm³/mol. The van der Waals surface area contributed by atoms with Crippen molar-refractivity contribution in [2.45, 2.75) is 65.7 Å². The third-order valence-corrected chi connectivity index (χ3v) is 7.70. The maximum atomic E-state index is 2.62. The van der Waals surface area contributed by atoms with Crippen LogP contribution in [0.25, 0.3) is 0 Å². The summed E-state index contributed by atoms with van der Waals surface area (Å²) in [6.07, 6.45) is 17.7. The van der Waals surface area contributed by atoms with Gasteiger partial charge in [0.25, 0.3) is 0 Å². The Balaban J connectivity index is 1.75. The highest BCUT2D eigenvalue weighted by Gasteiger charge is 2.78. The van der Waals surface area contributed by atoms with Gasteiger partial charge < -0.3 is 0 Å². The highest BCUT2D eigenvalue weighted by molar-refractivity contribution is 5.47. The quantitative estimate of drug-likeness (QED) is 0.611. The van der Waals surface area contributed by atoms with Crippen molar-refractivity contribution in [1.29, 1.82) is 0 Å². The van der Waals surface area contributed by atoms with E-state index in [1.165, 1.54) is 44.9 Å². The summed E-state index contributed by atoms with van der Waals surface area (Å²) < 4.78 is 0. The minimum Gasteiger partial charge on any atom is -0.0811 e. The minimum absolute atomic E-state index is 0.610. The van der Waals surface area contributed by atoms with Crippen LogP contribution in [0.2, 0.25) is 0 Å². The van der Waals surface area contributed by atoms with Crippen LogP contribution in [0.15, 0.2) is 23.8 Å². The van der Waals surface area contributed by atoms with Crippen LogP contribution < -0.4 is 0 Å². The number of rotatable bonds is 2. The maximum Gasteiger partial charge on any atom is 0.00232 e. The fourth-order valence-corrected chi connectivity index (χ4v) is 6.32. The van der Waals surface area contributed by atoms with E-state index in [1.54, 1.807) is 5.57 Å². The molecule has 2 fully saturated rings. The molecular formula is C19H28. The summed E-state index contributed by atoms with van der Waals surface area (Å²) in [7, 11) is 0. The first-order valence-corrected chi connectivity index (χ1v) is 8.47. The summed E-state index contributed by atoms with van der Waals surface area (Å²) in [5, 5.41) is 0. The van der Waals surface area contributed by atoms with Crippen molar-refractivity contribution in [2.75, 3.05) is 0 Å². The molecular weight excluding hydrogens is 228 g/mol. The second-order valence-corrected chi connectivity index (χ2v) is 8.17. The fraction of sp³-hybridized carbons (Fsp3) is 0.789. The maximum absolute atomic E-state index is 2.62. The standard InChI is InChI=1S/C19H28/c1-4-5-15-6-7-16-9-10-17(3)14(2)8-11-19(17)13-18(16,19)12-15/h6-7,9,14-15H,4-5,8,10-13H2,1-3H3. The van der Waals surface area contributed by atoms with E-state index in [1.807, 2.05) is 0 Å². The van der Waals surface area contributed by atoms with E-state index in [-0.39, 0.29) is 0 Å². The zero-order valence-electron chi connectivity index (χ0n) is 12.8. The monoisotopic (exact) mass is 256 g/mol. The third-order valence-electron chi connectivity index (χ3n) is 7.70. The zero-order chi connectivity index (χ0) is 13.3. The van der Waals surface area contributed by atoms with Crippen LogP contribution in [0.5, 0.6) is 0 Å². The Labute approximate surface area is 118 Å². The summed E-state index contributed by atoms with van der Waals surface area (Å²) in [6.45, 7) is 7.46. The average Bonchev–Trinajstić information content (AvgIpc) is 2.98. The number of hydrogen-bond acceptors (Lipinski definition) is 0. The van der Waals surface area contributed by atoms with E-state index < -0.39 is 0 Å². The van der Waals surface area contributed by atoms with Crippen molar-refractivity contribution in [2.24, 2.45) is 28.1 Å². The third kappa shape index (κ3) is 1.22. The van der Waals surface area contributed by atoms with Crippen molar-refractivity contribution < 1.29 is 0 Å². The van der Waals surface area contributed by atoms with Gasteiger partial charge in [0.1, 0.15) is 0 Å². The first-order valence-electron chi connectivity index (χ1n) is 8.47. The molecule has 2 spiro atoms. The molecule has 4 aliphatic carbocycles. The molecule has 0 nitrogen and oxygen atoms in total.